The van der Waals surface area contributed by atoms with Gasteiger partial charge >= 0.3 is 0 Å². The predicted molar refractivity (Wildman–Crippen MR) is 326 cm³/mol. The Hall–Kier alpha value is -7.53. The smallest absolute Gasteiger partial charge is 0.205 e. The molecule has 75 heavy (non-hydrogen) atoms. The number of rotatable bonds is 12. The molecule has 10 aromatic rings. The monoisotopic (exact) mass is 1290 g/mol. The highest BCUT2D eigenvalue weighted by atomic mass is 79.9. The number of benzene rings is 10. The van der Waals surface area contributed by atoms with Crippen molar-refractivity contribution in [2.45, 2.75) is 6.92 Å². The van der Waals surface area contributed by atoms with Crippen molar-refractivity contribution in [3.63, 3.8) is 0 Å². The fourth-order valence-corrected chi connectivity index (χ4v) is 10.6. The van der Waals surface area contributed by atoms with Gasteiger partial charge in [-0.15, -0.1) is 0 Å². The Morgan fingerprint density at radius 2 is 0.520 bits per heavy atom. The topological polar surface area (TPSA) is 61.7 Å². The van der Waals surface area contributed by atoms with Gasteiger partial charge in [-0.3, -0.25) is 0 Å². The number of anilines is 9. The summed E-state index contributed by atoms with van der Waals surface area (Å²) in [7, 11) is 0. The molecular formula is C64H39Br5N6. The Morgan fingerprint density at radius 1 is 0.320 bits per heavy atom. The molecule has 6 nitrogen and oxygen atoms in total. The summed E-state index contributed by atoms with van der Waals surface area (Å²) in [6, 6.07) is 77.9. The van der Waals surface area contributed by atoms with Gasteiger partial charge in [0.25, 0.3) is 0 Å². The standard InChI is InChI=1S/C64H39Br5N6/c1-41-3-21-50(22-4-41)73(54-29-11-45(65)12-30-54)51-23-5-42(6-24-51)61-59(39-70)62(43-7-25-52(26-8-43)74(55-31-13-46(66)14-32-55)56-33-15-47(67)16-34-56)64(72-2)63(60(61)40-71)44-9-27-53(28-10-44)75(57-35-17-48(68)18-36-57)58-37-19-49(69)20-38-58/h3-38H,1H3. The van der Waals surface area contributed by atoms with E-state index in [1.165, 1.54) is 0 Å². The first-order valence-corrected chi connectivity index (χ1v) is 27.5. The molecule has 0 spiro atoms. The molecule has 11 heteroatoms. The lowest BCUT2D eigenvalue weighted by Crippen LogP contribution is -2.10. The minimum atomic E-state index is 0.208. The molecule has 0 amide bonds. The summed E-state index contributed by atoms with van der Waals surface area (Å²) < 4.78 is 4.82. The van der Waals surface area contributed by atoms with Gasteiger partial charge in [-0.1, -0.05) is 134 Å². The molecular weight excluding hydrogens is 1250 g/mol. The Bertz CT molecular complexity index is 3250. The van der Waals surface area contributed by atoms with Gasteiger partial charge in [0, 0.05) is 90.2 Å². The maximum atomic E-state index is 11.4. The predicted octanol–water partition coefficient (Wildman–Crippen LogP) is 21.5. The minimum Gasteiger partial charge on any atom is -0.311 e. The zero-order valence-electron chi connectivity index (χ0n) is 39.9. The van der Waals surface area contributed by atoms with Gasteiger partial charge in [-0.2, -0.15) is 10.5 Å². The van der Waals surface area contributed by atoms with Crippen LogP contribution in [0.5, 0.6) is 0 Å². The molecule has 0 aliphatic heterocycles. The van der Waals surface area contributed by atoms with Gasteiger partial charge in [0.15, 0.2) is 0 Å². The van der Waals surface area contributed by atoms with Crippen molar-refractivity contribution in [2.24, 2.45) is 0 Å². The highest BCUT2D eigenvalue weighted by molar-refractivity contribution is 9.11. The summed E-state index contributed by atoms with van der Waals surface area (Å²) in [6.07, 6.45) is 0. The van der Waals surface area contributed by atoms with E-state index in [4.69, 9.17) is 6.57 Å². The van der Waals surface area contributed by atoms with Crippen LogP contribution in [0.3, 0.4) is 0 Å². The Morgan fingerprint density at radius 3 is 0.733 bits per heavy atom. The lowest BCUT2D eigenvalue weighted by molar-refractivity contribution is 1.27. The van der Waals surface area contributed by atoms with Crippen LogP contribution in [0.15, 0.2) is 241 Å². The molecule has 0 fully saturated rings. The zero-order chi connectivity index (χ0) is 52.2. The fourth-order valence-electron chi connectivity index (χ4n) is 9.24. The van der Waals surface area contributed by atoms with Gasteiger partial charge in [0.1, 0.15) is 0 Å². The maximum Gasteiger partial charge on any atom is 0.205 e. The molecule has 10 rings (SSSR count). The molecule has 360 valence electrons. The SMILES string of the molecule is [C-]#[N+]c1c(-c2ccc(N(c3ccc(Br)cc3)c3ccc(Br)cc3)cc2)c(C#N)c(-c2ccc(N(c3ccc(C)cc3)c3ccc(Br)cc3)cc2)c(C#N)c1-c1ccc(N(c2ccc(Br)cc2)c2ccc(Br)cc2)cc1. The van der Waals surface area contributed by atoms with Crippen LogP contribution in [0.2, 0.25) is 0 Å². The number of hydrogen-bond donors (Lipinski definition) is 0. The summed E-state index contributed by atoms with van der Waals surface area (Å²) in [5.74, 6) is 0. The first-order valence-electron chi connectivity index (χ1n) is 23.5. The number of nitrogens with zero attached hydrogens (tertiary/aromatic N) is 6. The first kappa shape index (κ1) is 51.0. The molecule has 0 aliphatic carbocycles. The van der Waals surface area contributed by atoms with Crippen LogP contribution in [0, 0.1) is 36.2 Å². The number of nitriles is 2. The van der Waals surface area contributed by atoms with E-state index in [1.54, 1.807) is 0 Å². The summed E-state index contributed by atoms with van der Waals surface area (Å²) >= 11 is 18.0. The maximum absolute atomic E-state index is 11.4. The van der Waals surface area contributed by atoms with Gasteiger partial charge in [-0.05, 0) is 193 Å². The second-order valence-corrected chi connectivity index (χ2v) is 22.0. The average Bonchev–Trinajstić information content (AvgIpc) is 3.44. The molecule has 0 aliphatic rings. The van der Waals surface area contributed by atoms with E-state index >= 15 is 0 Å². The molecule has 0 N–H and O–H groups in total. The van der Waals surface area contributed by atoms with Crippen LogP contribution in [0.25, 0.3) is 38.2 Å². The van der Waals surface area contributed by atoms with Crippen molar-refractivity contribution in [3.05, 3.63) is 269 Å². The Labute approximate surface area is 478 Å². The van der Waals surface area contributed by atoms with Crippen molar-refractivity contribution in [3.8, 4) is 45.5 Å². The molecule has 10 aromatic carbocycles. The average molecular weight is 1290 g/mol. The van der Waals surface area contributed by atoms with Crippen LogP contribution in [0.4, 0.5) is 56.9 Å². The van der Waals surface area contributed by atoms with E-state index in [2.05, 4.69) is 203 Å². The van der Waals surface area contributed by atoms with Crippen LogP contribution >= 0.6 is 79.6 Å². The third-order valence-electron chi connectivity index (χ3n) is 12.8. The number of hydrogen-bond acceptors (Lipinski definition) is 5. The quantitative estimate of drug-likeness (QED) is 0.114. The van der Waals surface area contributed by atoms with Crippen molar-refractivity contribution in [1.82, 2.24) is 0 Å². The molecule has 0 saturated heterocycles. The van der Waals surface area contributed by atoms with E-state index in [0.717, 1.165) is 79.1 Å². The minimum absolute atomic E-state index is 0.208. The molecule has 0 heterocycles. The van der Waals surface area contributed by atoms with Crippen LogP contribution < -0.4 is 14.7 Å². The van der Waals surface area contributed by atoms with Gasteiger partial charge in [-0.25, -0.2) is 4.85 Å². The van der Waals surface area contributed by atoms with Crippen molar-refractivity contribution in [2.75, 3.05) is 14.7 Å². The molecule has 0 unspecified atom stereocenters. The van der Waals surface area contributed by atoms with Gasteiger partial charge in [0.2, 0.25) is 5.69 Å². The summed E-state index contributed by atoms with van der Waals surface area (Å²) in [6.45, 7) is 11.0. The number of aryl methyl sites for hydroxylation is 1. The number of halogens is 5. The lowest BCUT2D eigenvalue weighted by atomic mass is 9.82. The van der Waals surface area contributed by atoms with Crippen LogP contribution in [0.1, 0.15) is 16.7 Å². The Kier molecular flexibility index (Phi) is 15.3. The summed E-state index contributed by atoms with van der Waals surface area (Å²) in [5.41, 5.74) is 13.5. The Balaban J connectivity index is 1.17. The van der Waals surface area contributed by atoms with Crippen LogP contribution in [-0.4, -0.2) is 0 Å². The van der Waals surface area contributed by atoms with E-state index in [9.17, 15) is 10.5 Å². The highest BCUT2D eigenvalue weighted by Crippen LogP contribution is 2.51. The third-order valence-corrected chi connectivity index (χ3v) is 15.4. The second-order valence-electron chi connectivity index (χ2n) is 17.4. The largest absolute Gasteiger partial charge is 0.311 e. The van der Waals surface area contributed by atoms with Crippen molar-refractivity contribution >= 4 is 137 Å². The van der Waals surface area contributed by atoms with Crippen molar-refractivity contribution < 1.29 is 0 Å². The normalized spacial score (nSPS) is 10.8. The molecule has 0 radical (unpaired) electrons. The van der Waals surface area contributed by atoms with E-state index in [0.29, 0.717) is 33.4 Å². The second kappa shape index (κ2) is 22.5. The molecule has 0 saturated carbocycles. The molecule has 0 aromatic heterocycles. The zero-order valence-corrected chi connectivity index (χ0v) is 47.8. The molecule has 0 atom stereocenters. The first-order chi connectivity index (χ1) is 36.5. The summed E-state index contributed by atoms with van der Waals surface area (Å²) in [5, 5.41) is 22.9. The third kappa shape index (κ3) is 10.7. The van der Waals surface area contributed by atoms with E-state index in [1.807, 2.05) is 133 Å². The molecule has 0 bridgehead atoms. The van der Waals surface area contributed by atoms with Gasteiger partial charge < -0.3 is 14.7 Å². The lowest BCUT2D eigenvalue weighted by Gasteiger charge is -2.27. The van der Waals surface area contributed by atoms with Gasteiger partial charge in [0.05, 0.1) is 29.8 Å². The highest BCUT2D eigenvalue weighted by Gasteiger charge is 2.28. The van der Waals surface area contributed by atoms with E-state index in [-0.39, 0.29) is 16.8 Å². The fraction of sp³-hybridized carbons (Fsp3) is 0.0156. The van der Waals surface area contributed by atoms with Crippen LogP contribution in [-0.2, 0) is 0 Å². The summed E-state index contributed by atoms with van der Waals surface area (Å²) in [4.78, 5) is 10.7. The van der Waals surface area contributed by atoms with Crippen molar-refractivity contribution in [1.29, 1.82) is 10.5 Å². The van der Waals surface area contributed by atoms with E-state index < -0.39 is 0 Å².